The van der Waals surface area contributed by atoms with Gasteiger partial charge in [-0.15, -0.1) is 0 Å². The van der Waals surface area contributed by atoms with E-state index in [0.29, 0.717) is 18.6 Å². The Balaban J connectivity index is 1.64. The number of likely N-dealkylation sites (N-methyl/N-ethyl adjacent to an activating group) is 1. The van der Waals surface area contributed by atoms with Crippen LogP contribution in [0.4, 0.5) is 0 Å². The summed E-state index contributed by atoms with van der Waals surface area (Å²) in [6, 6.07) is 0.869. The zero-order valence-electron chi connectivity index (χ0n) is 12.2. The van der Waals surface area contributed by atoms with Gasteiger partial charge in [0.2, 0.25) is 5.91 Å². The molecule has 1 saturated heterocycles. The monoisotopic (exact) mass is 269 g/mol. The van der Waals surface area contributed by atoms with Crippen LogP contribution in [0.1, 0.15) is 26.7 Å². The smallest absolute Gasteiger partial charge is 0.236 e. The van der Waals surface area contributed by atoms with Crippen molar-refractivity contribution in [2.24, 2.45) is 0 Å². The Morgan fingerprint density at radius 1 is 1.42 bits per heavy atom. The van der Waals surface area contributed by atoms with Gasteiger partial charge in [-0.3, -0.25) is 9.69 Å². The normalized spacial score (nSPS) is 22.2. The molecule has 0 spiro atoms. The van der Waals surface area contributed by atoms with Gasteiger partial charge in [-0.25, -0.2) is 0 Å². The minimum Gasteiger partial charge on any atom is -0.379 e. The number of morpholine rings is 1. The zero-order valence-corrected chi connectivity index (χ0v) is 12.2. The maximum atomic E-state index is 12.1. The number of ether oxygens (including phenoxy) is 1. The second-order valence-electron chi connectivity index (χ2n) is 5.61. The number of nitrogens with one attached hydrogen (secondary N) is 1. The highest BCUT2D eigenvalue weighted by Gasteiger charge is 2.31. The van der Waals surface area contributed by atoms with Gasteiger partial charge in [0.1, 0.15) is 0 Å². The summed E-state index contributed by atoms with van der Waals surface area (Å²) in [6.07, 6.45) is 2.37. The molecule has 2 rings (SSSR count). The molecule has 0 aromatic rings. The first-order valence-electron chi connectivity index (χ1n) is 7.53. The SMILES string of the molecule is CCN(C(=O)CNC(C)CN1CCOCC1)C1CC1. The van der Waals surface area contributed by atoms with E-state index in [1.807, 2.05) is 4.90 Å². The molecule has 2 fully saturated rings. The Hall–Kier alpha value is -0.650. The Bertz CT molecular complexity index is 288. The average molecular weight is 269 g/mol. The molecule has 5 heteroatoms. The van der Waals surface area contributed by atoms with E-state index >= 15 is 0 Å². The van der Waals surface area contributed by atoms with Gasteiger partial charge in [0.15, 0.2) is 0 Å². The van der Waals surface area contributed by atoms with Crippen LogP contribution in [-0.2, 0) is 9.53 Å². The van der Waals surface area contributed by atoms with Gasteiger partial charge in [-0.2, -0.15) is 0 Å². The van der Waals surface area contributed by atoms with Crippen molar-refractivity contribution in [3.63, 3.8) is 0 Å². The molecule has 0 aromatic heterocycles. The predicted molar refractivity (Wildman–Crippen MR) is 75.1 cm³/mol. The fourth-order valence-corrected chi connectivity index (χ4v) is 2.62. The van der Waals surface area contributed by atoms with Gasteiger partial charge in [-0.1, -0.05) is 0 Å². The molecule has 1 heterocycles. The van der Waals surface area contributed by atoms with Gasteiger partial charge in [0, 0.05) is 38.3 Å². The van der Waals surface area contributed by atoms with Gasteiger partial charge in [-0.05, 0) is 26.7 Å². The van der Waals surface area contributed by atoms with Crippen LogP contribution in [0.25, 0.3) is 0 Å². The third kappa shape index (κ3) is 4.75. The summed E-state index contributed by atoms with van der Waals surface area (Å²) in [5, 5.41) is 3.35. The fraction of sp³-hybridized carbons (Fsp3) is 0.929. The average Bonchev–Trinajstić information content (AvgIpc) is 3.23. The van der Waals surface area contributed by atoms with E-state index in [0.717, 1.165) is 39.4 Å². The van der Waals surface area contributed by atoms with Gasteiger partial charge in [0.25, 0.3) is 0 Å². The van der Waals surface area contributed by atoms with Crippen LogP contribution in [0.15, 0.2) is 0 Å². The summed E-state index contributed by atoms with van der Waals surface area (Å²) in [4.78, 5) is 16.5. The van der Waals surface area contributed by atoms with Crippen molar-refractivity contribution in [2.45, 2.75) is 38.8 Å². The molecule has 1 aliphatic heterocycles. The molecule has 1 amide bonds. The summed E-state index contributed by atoms with van der Waals surface area (Å²) < 4.78 is 5.34. The highest BCUT2D eigenvalue weighted by molar-refractivity contribution is 5.78. The van der Waals surface area contributed by atoms with E-state index in [4.69, 9.17) is 4.74 Å². The summed E-state index contributed by atoms with van der Waals surface area (Å²) in [7, 11) is 0. The molecule has 0 aromatic carbocycles. The van der Waals surface area contributed by atoms with Crippen LogP contribution in [0.3, 0.4) is 0 Å². The summed E-state index contributed by atoms with van der Waals surface area (Å²) in [5.74, 6) is 0.249. The van der Waals surface area contributed by atoms with Crippen LogP contribution in [-0.4, -0.2) is 73.7 Å². The third-order valence-corrected chi connectivity index (χ3v) is 3.89. The van der Waals surface area contributed by atoms with E-state index in [9.17, 15) is 4.79 Å². The van der Waals surface area contributed by atoms with Gasteiger partial charge >= 0.3 is 0 Å². The van der Waals surface area contributed by atoms with E-state index in [2.05, 4.69) is 24.1 Å². The van der Waals surface area contributed by atoms with Gasteiger partial charge < -0.3 is 15.0 Å². The summed E-state index contributed by atoms with van der Waals surface area (Å²) >= 11 is 0. The zero-order chi connectivity index (χ0) is 13.7. The molecule has 1 N–H and O–H groups in total. The molecule has 0 radical (unpaired) electrons. The number of carbonyl (C=O) groups excluding carboxylic acids is 1. The number of nitrogens with zero attached hydrogens (tertiary/aromatic N) is 2. The Morgan fingerprint density at radius 3 is 2.68 bits per heavy atom. The van der Waals surface area contributed by atoms with Crippen LogP contribution in [0.2, 0.25) is 0 Å². The topological polar surface area (TPSA) is 44.8 Å². The van der Waals surface area contributed by atoms with Crippen LogP contribution >= 0.6 is 0 Å². The molecule has 0 bridgehead atoms. The van der Waals surface area contributed by atoms with Crippen LogP contribution in [0.5, 0.6) is 0 Å². The van der Waals surface area contributed by atoms with Crippen molar-refractivity contribution >= 4 is 5.91 Å². The Morgan fingerprint density at radius 2 is 2.11 bits per heavy atom. The number of rotatable bonds is 7. The van der Waals surface area contributed by atoms with E-state index in [1.165, 1.54) is 12.8 Å². The third-order valence-electron chi connectivity index (χ3n) is 3.89. The molecule has 5 nitrogen and oxygen atoms in total. The van der Waals surface area contributed by atoms with Crippen LogP contribution in [0, 0.1) is 0 Å². The molecular weight excluding hydrogens is 242 g/mol. The van der Waals surface area contributed by atoms with Crippen molar-refractivity contribution < 1.29 is 9.53 Å². The first-order valence-corrected chi connectivity index (χ1v) is 7.53. The van der Waals surface area contributed by atoms with E-state index in [-0.39, 0.29) is 5.91 Å². The molecule has 1 saturated carbocycles. The highest BCUT2D eigenvalue weighted by Crippen LogP contribution is 2.26. The first-order chi connectivity index (χ1) is 9.20. The highest BCUT2D eigenvalue weighted by atomic mass is 16.5. The van der Waals surface area contributed by atoms with Crippen molar-refractivity contribution in [2.75, 3.05) is 45.9 Å². The number of amides is 1. The lowest BCUT2D eigenvalue weighted by Gasteiger charge is -2.29. The lowest BCUT2D eigenvalue weighted by Crippen LogP contribution is -2.47. The standard InChI is InChI=1S/C14H27N3O2/c1-3-17(13-4-5-13)14(18)10-15-12(2)11-16-6-8-19-9-7-16/h12-13,15H,3-11H2,1-2H3. The molecule has 1 aliphatic carbocycles. The number of hydrogen-bond donors (Lipinski definition) is 1. The summed E-state index contributed by atoms with van der Waals surface area (Å²) in [5.41, 5.74) is 0. The minimum absolute atomic E-state index is 0.249. The maximum Gasteiger partial charge on any atom is 0.236 e. The van der Waals surface area contributed by atoms with Crippen molar-refractivity contribution in [3.8, 4) is 0 Å². The quantitative estimate of drug-likeness (QED) is 0.722. The lowest BCUT2D eigenvalue weighted by molar-refractivity contribution is -0.130. The molecule has 2 aliphatic rings. The summed E-state index contributed by atoms with van der Waals surface area (Å²) in [6.45, 7) is 10.2. The molecule has 19 heavy (non-hydrogen) atoms. The molecule has 1 unspecified atom stereocenters. The first kappa shape index (κ1) is 14.8. The molecular formula is C14H27N3O2. The molecule has 110 valence electrons. The number of carbonyl (C=O) groups is 1. The molecule has 1 atom stereocenters. The Kier molecular flexibility index (Phi) is 5.60. The van der Waals surface area contributed by atoms with Crippen LogP contribution < -0.4 is 5.32 Å². The van der Waals surface area contributed by atoms with Crippen molar-refractivity contribution in [1.29, 1.82) is 0 Å². The lowest BCUT2D eigenvalue weighted by atomic mass is 10.3. The van der Waals surface area contributed by atoms with Gasteiger partial charge in [0.05, 0.1) is 19.8 Å². The minimum atomic E-state index is 0.249. The predicted octanol–water partition coefficient (Wildman–Crippen LogP) is 0.308. The second kappa shape index (κ2) is 7.22. The largest absolute Gasteiger partial charge is 0.379 e. The van der Waals surface area contributed by atoms with Crippen molar-refractivity contribution in [1.82, 2.24) is 15.1 Å². The van der Waals surface area contributed by atoms with Crippen molar-refractivity contribution in [3.05, 3.63) is 0 Å². The van der Waals surface area contributed by atoms with E-state index in [1.54, 1.807) is 0 Å². The second-order valence-corrected chi connectivity index (χ2v) is 5.61. The fourth-order valence-electron chi connectivity index (χ4n) is 2.62. The van der Waals surface area contributed by atoms with E-state index < -0.39 is 0 Å². The maximum absolute atomic E-state index is 12.1. The number of hydrogen-bond acceptors (Lipinski definition) is 4. The Labute approximate surface area is 116 Å².